The van der Waals surface area contributed by atoms with E-state index >= 15 is 0 Å². The molecule has 61 heavy (non-hydrogen) atoms. The minimum atomic E-state index is -0.424. The number of nitrogens with zero attached hydrogens (tertiary/aromatic N) is 1. The Morgan fingerprint density at radius 3 is 1.56 bits per heavy atom. The molecule has 5 aliphatic carbocycles. The van der Waals surface area contributed by atoms with Gasteiger partial charge in [-0.1, -0.05) is 176 Å². The van der Waals surface area contributed by atoms with Gasteiger partial charge in [0.1, 0.15) is 0 Å². The maximum Gasteiger partial charge on any atom is 0.0726 e. The summed E-state index contributed by atoms with van der Waals surface area (Å²) < 4.78 is 0. The summed E-state index contributed by atoms with van der Waals surface area (Å²) in [5.74, 6) is 0. The molecule has 5 aliphatic rings. The Hall–Kier alpha value is -7.48. The predicted octanol–water partition coefficient (Wildman–Crippen LogP) is 15.1. The lowest BCUT2D eigenvalue weighted by Crippen LogP contribution is -2.28. The average molecular weight is 774 g/mol. The van der Waals surface area contributed by atoms with Crippen molar-refractivity contribution in [1.29, 1.82) is 0 Å². The quantitative estimate of drug-likeness (QED) is 0.173. The highest BCUT2D eigenvalue weighted by Gasteiger charge is 2.54. The first kappa shape index (κ1) is 33.4. The van der Waals surface area contributed by atoms with Crippen molar-refractivity contribution < 1.29 is 0 Å². The Kier molecular flexibility index (Phi) is 6.60. The zero-order valence-electron chi connectivity index (χ0n) is 33.6. The van der Waals surface area contributed by atoms with Gasteiger partial charge in [0.25, 0.3) is 0 Å². The molecule has 14 rings (SSSR count). The Labute approximate surface area is 356 Å². The van der Waals surface area contributed by atoms with E-state index in [2.05, 4.69) is 217 Å². The second kappa shape index (κ2) is 12.1. The fraction of sp³-hybridized carbons (Fsp3) is 0.0667. The van der Waals surface area contributed by atoms with Gasteiger partial charge in [-0.25, -0.2) is 0 Å². The molecule has 0 aliphatic heterocycles. The Morgan fingerprint density at radius 1 is 0.361 bits per heavy atom. The van der Waals surface area contributed by atoms with Crippen LogP contribution in [0.1, 0.15) is 57.3 Å². The van der Waals surface area contributed by atoms with Crippen LogP contribution in [0.25, 0.3) is 49.7 Å². The molecule has 0 N–H and O–H groups in total. The van der Waals surface area contributed by atoms with Crippen molar-refractivity contribution in [3.05, 3.63) is 262 Å². The van der Waals surface area contributed by atoms with Crippen molar-refractivity contribution in [2.24, 2.45) is 0 Å². The molecule has 1 unspecified atom stereocenters. The van der Waals surface area contributed by atoms with E-state index in [1.165, 1.54) is 99.8 Å². The van der Waals surface area contributed by atoms with Crippen LogP contribution < -0.4 is 4.90 Å². The number of para-hydroxylation sites is 1. The van der Waals surface area contributed by atoms with Crippen molar-refractivity contribution in [2.75, 3.05) is 4.90 Å². The molecule has 2 spiro atoms. The van der Waals surface area contributed by atoms with Crippen molar-refractivity contribution in [3.8, 4) is 33.4 Å². The topological polar surface area (TPSA) is 3.24 Å². The standard InChI is InChI=1S/C60H39N/c1-2-17-39(18-3-1)61(40-31-33-48-47-24-10-13-27-52(47)59(56(48)36-40)50-25-11-6-20-43(50)44-21-7-12-26-51(44)59)41-32-34-49-57(37-41)60(55-35-30-38-16-4-5-19-42(38)58(49)55)53-28-14-8-22-45(53)46-23-9-15-29-54(46)60/h1-14,16-28,30-37H,15,29H2. The zero-order valence-corrected chi connectivity index (χ0v) is 33.6. The van der Waals surface area contributed by atoms with E-state index in [1.54, 1.807) is 0 Å². The van der Waals surface area contributed by atoms with Crippen LogP contribution >= 0.6 is 0 Å². The third-order valence-corrected chi connectivity index (χ3v) is 14.8. The fourth-order valence-electron chi connectivity index (χ4n) is 12.6. The molecule has 0 saturated heterocycles. The molecule has 0 amide bonds. The molecular weight excluding hydrogens is 735 g/mol. The molecule has 0 heterocycles. The van der Waals surface area contributed by atoms with E-state index in [0.717, 1.165) is 29.9 Å². The first-order valence-corrected chi connectivity index (χ1v) is 21.7. The van der Waals surface area contributed by atoms with Gasteiger partial charge in [0, 0.05) is 17.1 Å². The van der Waals surface area contributed by atoms with E-state index in [1.807, 2.05) is 0 Å². The molecule has 0 bridgehead atoms. The fourth-order valence-corrected chi connectivity index (χ4v) is 12.6. The minimum Gasteiger partial charge on any atom is -0.310 e. The molecule has 9 aromatic carbocycles. The molecule has 284 valence electrons. The highest BCUT2D eigenvalue weighted by Crippen LogP contribution is 2.66. The summed E-state index contributed by atoms with van der Waals surface area (Å²) in [7, 11) is 0. The Bertz CT molecular complexity index is 3370. The Balaban J connectivity index is 1.05. The van der Waals surface area contributed by atoms with Gasteiger partial charge in [-0.15, -0.1) is 0 Å². The minimum absolute atomic E-state index is 0.384. The summed E-state index contributed by atoms with van der Waals surface area (Å²) in [6.07, 6.45) is 6.87. The molecule has 0 saturated carbocycles. The number of hydrogen-bond acceptors (Lipinski definition) is 1. The monoisotopic (exact) mass is 773 g/mol. The maximum absolute atomic E-state index is 2.56. The first-order valence-electron chi connectivity index (χ1n) is 21.7. The van der Waals surface area contributed by atoms with Crippen molar-refractivity contribution in [1.82, 2.24) is 0 Å². The molecule has 0 radical (unpaired) electrons. The molecule has 1 nitrogen and oxygen atoms in total. The molecule has 0 aromatic heterocycles. The van der Waals surface area contributed by atoms with Gasteiger partial charge in [-0.2, -0.15) is 0 Å². The second-order valence-corrected chi connectivity index (χ2v) is 17.4. The Morgan fingerprint density at radius 2 is 0.885 bits per heavy atom. The van der Waals surface area contributed by atoms with E-state index in [0.29, 0.717) is 0 Å². The van der Waals surface area contributed by atoms with Crippen LogP contribution in [0, 0.1) is 0 Å². The smallest absolute Gasteiger partial charge is 0.0726 e. The highest BCUT2D eigenvalue weighted by molar-refractivity contribution is 6.07. The SMILES string of the molecule is C1=CC2=C(CC1)C1(c3ccccc32)c2cc(N(c3ccccc3)c3ccc4c(c3)C3(c5ccccc5-c5ccccc53)c3ccccc3-4)ccc2-c2c1ccc1ccccc21. The van der Waals surface area contributed by atoms with Gasteiger partial charge < -0.3 is 4.90 Å². The van der Waals surface area contributed by atoms with Gasteiger partial charge in [0.15, 0.2) is 0 Å². The third-order valence-electron chi connectivity index (χ3n) is 14.8. The number of allylic oxidation sites excluding steroid dienone is 4. The lowest BCUT2D eigenvalue weighted by atomic mass is 9.68. The van der Waals surface area contributed by atoms with Crippen LogP contribution in [0.4, 0.5) is 17.1 Å². The molecule has 0 fully saturated rings. The van der Waals surface area contributed by atoms with E-state index < -0.39 is 5.41 Å². The van der Waals surface area contributed by atoms with Crippen molar-refractivity contribution in [3.63, 3.8) is 0 Å². The zero-order chi connectivity index (χ0) is 39.9. The number of rotatable bonds is 3. The normalized spacial score (nSPS) is 17.4. The lowest BCUT2D eigenvalue weighted by molar-refractivity contribution is 0.714. The summed E-state index contributed by atoms with van der Waals surface area (Å²) in [4.78, 5) is 2.51. The molecule has 1 atom stereocenters. The van der Waals surface area contributed by atoms with Crippen LogP contribution in [0.15, 0.2) is 218 Å². The lowest BCUT2D eigenvalue weighted by Gasteiger charge is -2.35. The molecule has 9 aromatic rings. The molecular formula is C60H39N. The van der Waals surface area contributed by atoms with Crippen LogP contribution in [0.2, 0.25) is 0 Å². The van der Waals surface area contributed by atoms with Gasteiger partial charge in [0.2, 0.25) is 0 Å². The summed E-state index contributed by atoms with van der Waals surface area (Å²) in [5.41, 5.74) is 24.6. The van der Waals surface area contributed by atoms with Gasteiger partial charge in [-0.05, 0) is 149 Å². The summed E-state index contributed by atoms with van der Waals surface area (Å²) in [6.45, 7) is 0. The van der Waals surface area contributed by atoms with Gasteiger partial charge >= 0.3 is 0 Å². The van der Waals surface area contributed by atoms with Crippen LogP contribution in [-0.2, 0) is 10.8 Å². The summed E-state index contributed by atoms with van der Waals surface area (Å²) >= 11 is 0. The van der Waals surface area contributed by atoms with Crippen LogP contribution in [0.3, 0.4) is 0 Å². The van der Waals surface area contributed by atoms with Gasteiger partial charge in [-0.3, -0.25) is 0 Å². The van der Waals surface area contributed by atoms with Gasteiger partial charge in [0.05, 0.1) is 10.8 Å². The van der Waals surface area contributed by atoms with E-state index in [-0.39, 0.29) is 5.41 Å². The number of fused-ring (bicyclic) bond motifs is 21. The number of hydrogen-bond donors (Lipinski definition) is 0. The van der Waals surface area contributed by atoms with Crippen molar-refractivity contribution in [2.45, 2.75) is 23.7 Å². The maximum atomic E-state index is 2.56. The first-order chi connectivity index (χ1) is 30.3. The summed E-state index contributed by atoms with van der Waals surface area (Å²) in [5, 5.41) is 2.61. The van der Waals surface area contributed by atoms with Crippen molar-refractivity contribution >= 4 is 33.4 Å². The van der Waals surface area contributed by atoms with E-state index in [9.17, 15) is 0 Å². The number of benzene rings is 9. The van der Waals surface area contributed by atoms with Crippen LogP contribution in [0.5, 0.6) is 0 Å². The summed E-state index contributed by atoms with van der Waals surface area (Å²) in [6, 6.07) is 76.0. The average Bonchev–Trinajstić information content (AvgIpc) is 4.01. The predicted molar refractivity (Wildman–Crippen MR) is 252 cm³/mol. The van der Waals surface area contributed by atoms with Crippen LogP contribution in [-0.4, -0.2) is 0 Å². The third kappa shape index (κ3) is 4.07. The highest BCUT2D eigenvalue weighted by atomic mass is 15.1. The number of anilines is 3. The second-order valence-electron chi connectivity index (χ2n) is 17.4. The largest absolute Gasteiger partial charge is 0.310 e. The molecule has 1 heteroatoms. The van der Waals surface area contributed by atoms with E-state index in [4.69, 9.17) is 0 Å².